The van der Waals surface area contributed by atoms with Crippen molar-refractivity contribution in [2.45, 2.75) is 46.6 Å². The third-order valence-electron chi connectivity index (χ3n) is 3.56. The lowest BCUT2D eigenvalue weighted by Gasteiger charge is -2.31. The monoisotopic (exact) mass is 278 g/mol. The maximum atomic E-state index is 5.82. The molecule has 0 heterocycles. The Morgan fingerprint density at radius 3 is 2.45 bits per heavy atom. The Balaban J connectivity index is 2.49. The number of nitrogen functional groups attached to an aromatic ring is 1. The van der Waals surface area contributed by atoms with Crippen LogP contribution in [0.4, 0.5) is 5.69 Å². The molecule has 1 aromatic carbocycles. The lowest BCUT2D eigenvalue weighted by molar-refractivity contribution is 0.137. The molecule has 0 spiro atoms. The third kappa shape index (κ3) is 5.83. The summed E-state index contributed by atoms with van der Waals surface area (Å²) in [7, 11) is 0. The summed E-state index contributed by atoms with van der Waals surface area (Å²) in [6.45, 7) is 11.9. The van der Waals surface area contributed by atoms with E-state index in [4.69, 9.17) is 10.5 Å². The predicted molar refractivity (Wildman–Crippen MR) is 87.1 cm³/mol. The van der Waals surface area contributed by atoms with Gasteiger partial charge in [0, 0.05) is 30.9 Å². The van der Waals surface area contributed by atoms with E-state index < -0.39 is 0 Å². The van der Waals surface area contributed by atoms with Gasteiger partial charge >= 0.3 is 0 Å². The largest absolute Gasteiger partial charge is 0.492 e. The van der Waals surface area contributed by atoms with E-state index in [1.165, 1.54) is 12.8 Å². The van der Waals surface area contributed by atoms with Crippen molar-refractivity contribution < 1.29 is 4.74 Å². The predicted octanol–water partition coefficient (Wildman–Crippen LogP) is 3.79. The number of nitrogens with two attached hydrogens (primary N) is 1. The molecule has 1 aromatic rings. The molecule has 0 aliphatic heterocycles. The molecule has 0 atom stereocenters. The van der Waals surface area contributed by atoms with Gasteiger partial charge < -0.3 is 10.5 Å². The molecule has 0 saturated heterocycles. The topological polar surface area (TPSA) is 38.5 Å². The van der Waals surface area contributed by atoms with Crippen LogP contribution in [0.15, 0.2) is 24.3 Å². The van der Waals surface area contributed by atoms with Crippen molar-refractivity contribution in [1.82, 2.24) is 4.90 Å². The van der Waals surface area contributed by atoms with Crippen molar-refractivity contribution in [2.24, 2.45) is 5.92 Å². The van der Waals surface area contributed by atoms with Gasteiger partial charge in [-0.25, -0.2) is 0 Å². The summed E-state index contributed by atoms with van der Waals surface area (Å²) in [6.07, 6.45) is 2.39. The number of hydrogen-bond acceptors (Lipinski definition) is 3. The number of nitrogens with zero attached hydrogens (tertiary/aromatic N) is 1. The second-order valence-electron chi connectivity index (χ2n) is 5.78. The molecule has 0 aromatic heterocycles. The number of rotatable bonds is 9. The number of ether oxygens (including phenoxy) is 1. The Morgan fingerprint density at radius 1 is 1.20 bits per heavy atom. The molecule has 0 saturated carbocycles. The van der Waals surface area contributed by atoms with E-state index in [0.717, 1.165) is 24.5 Å². The smallest absolute Gasteiger partial charge is 0.121 e. The first-order valence-electron chi connectivity index (χ1n) is 7.79. The van der Waals surface area contributed by atoms with E-state index in [-0.39, 0.29) is 0 Å². The van der Waals surface area contributed by atoms with Gasteiger partial charge in [0.25, 0.3) is 0 Å². The first-order valence-corrected chi connectivity index (χ1v) is 7.79. The molecule has 114 valence electrons. The average Bonchev–Trinajstić information content (AvgIpc) is 2.39. The van der Waals surface area contributed by atoms with Crippen molar-refractivity contribution in [2.75, 3.05) is 25.4 Å². The summed E-state index contributed by atoms with van der Waals surface area (Å²) in [6, 6.07) is 8.30. The highest BCUT2D eigenvalue weighted by Gasteiger charge is 2.16. The Kier molecular flexibility index (Phi) is 7.45. The lowest BCUT2D eigenvalue weighted by atomic mass is 10.1. The van der Waals surface area contributed by atoms with E-state index in [0.29, 0.717) is 18.6 Å². The summed E-state index contributed by atoms with van der Waals surface area (Å²) < 4.78 is 5.82. The van der Waals surface area contributed by atoms with Gasteiger partial charge in [0.15, 0.2) is 0 Å². The normalized spacial score (nSPS) is 11.6. The Hall–Kier alpha value is -1.22. The molecule has 3 heteroatoms. The van der Waals surface area contributed by atoms with Crippen LogP contribution in [0.3, 0.4) is 0 Å². The fraction of sp³-hybridized carbons (Fsp3) is 0.647. The van der Waals surface area contributed by atoms with E-state index in [2.05, 4.69) is 32.6 Å². The minimum Gasteiger partial charge on any atom is -0.492 e. The van der Waals surface area contributed by atoms with E-state index >= 15 is 0 Å². The van der Waals surface area contributed by atoms with Crippen LogP contribution >= 0.6 is 0 Å². The maximum Gasteiger partial charge on any atom is 0.121 e. The highest BCUT2D eigenvalue weighted by atomic mass is 16.5. The van der Waals surface area contributed by atoms with Crippen LogP contribution in [-0.2, 0) is 0 Å². The minimum absolute atomic E-state index is 0.654. The Bertz CT molecular complexity index is 375. The zero-order chi connectivity index (χ0) is 15.0. The first-order chi connectivity index (χ1) is 9.56. The van der Waals surface area contributed by atoms with Crippen molar-refractivity contribution >= 4 is 5.69 Å². The molecule has 0 fully saturated rings. The summed E-state index contributed by atoms with van der Waals surface area (Å²) >= 11 is 0. The number of benzene rings is 1. The number of anilines is 1. The molecule has 0 radical (unpaired) electrons. The second kappa shape index (κ2) is 8.85. The molecule has 0 bridgehead atoms. The first kappa shape index (κ1) is 16.8. The van der Waals surface area contributed by atoms with Gasteiger partial charge in [0.05, 0.1) is 0 Å². The van der Waals surface area contributed by atoms with Crippen LogP contribution in [0.25, 0.3) is 0 Å². The van der Waals surface area contributed by atoms with Gasteiger partial charge in [-0.2, -0.15) is 0 Å². The van der Waals surface area contributed by atoms with Crippen LogP contribution in [0.5, 0.6) is 5.75 Å². The second-order valence-corrected chi connectivity index (χ2v) is 5.78. The maximum absolute atomic E-state index is 5.82. The quantitative estimate of drug-likeness (QED) is 0.698. The molecule has 1 rings (SSSR count). The van der Waals surface area contributed by atoms with Gasteiger partial charge in [-0.1, -0.05) is 33.8 Å². The highest BCUT2D eigenvalue weighted by molar-refractivity contribution is 5.43. The molecule has 0 unspecified atom stereocenters. The van der Waals surface area contributed by atoms with Crippen LogP contribution in [0, 0.1) is 5.92 Å². The zero-order valence-corrected chi connectivity index (χ0v) is 13.4. The van der Waals surface area contributed by atoms with E-state index in [1.807, 2.05) is 24.3 Å². The van der Waals surface area contributed by atoms with Crippen LogP contribution in [0.1, 0.15) is 40.5 Å². The van der Waals surface area contributed by atoms with Gasteiger partial charge in [-0.05, 0) is 30.9 Å². The van der Waals surface area contributed by atoms with Crippen LogP contribution < -0.4 is 10.5 Å². The fourth-order valence-electron chi connectivity index (χ4n) is 2.58. The van der Waals surface area contributed by atoms with Gasteiger partial charge in [-0.3, -0.25) is 4.90 Å². The summed E-state index contributed by atoms with van der Waals surface area (Å²) in [5.74, 6) is 1.54. The van der Waals surface area contributed by atoms with Crippen molar-refractivity contribution in [3.8, 4) is 5.75 Å². The standard InChI is InChI=1S/C17H30N2O/c1-5-16(6-2)19(13-14(3)4)10-11-20-17-9-7-8-15(18)12-17/h7-9,12,14,16H,5-6,10-11,13,18H2,1-4H3. The lowest BCUT2D eigenvalue weighted by Crippen LogP contribution is -2.39. The third-order valence-corrected chi connectivity index (χ3v) is 3.56. The molecule has 0 aliphatic rings. The fourth-order valence-corrected chi connectivity index (χ4v) is 2.58. The summed E-state index contributed by atoms with van der Waals surface area (Å²) in [5.41, 5.74) is 6.51. The van der Waals surface area contributed by atoms with E-state index in [1.54, 1.807) is 0 Å². The minimum atomic E-state index is 0.654. The van der Waals surface area contributed by atoms with E-state index in [9.17, 15) is 0 Å². The van der Waals surface area contributed by atoms with Gasteiger partial charge in [0.1, 0.15) is 12.4 Å². The summed E-state index contributed by atoms with van der Waals surface area (Å²) in [5, 5.41) is 0. The average molecular weight is 278 g/mol. The molecule has 0 amide bonds. The van der Waals surface area contributed by atoms with Gasteiger partial charge in [0.2, 0.25) is 0 Å². The van der Waals surface area contributed by atoms with Gasteiger partial charge in [-0.15, -0.1) is 0 Å². The van der Waals surface area contributed by atoms with Crippen LogP contribution in [-0.4, -0.2) is 30.6 Å². The molecule has 2 N–H and O–H groups in total. The summed E-state index contributed by atoms with van der Waals surface area (Å²) in [4.78, 5) is 2.55. The highest BCUT2D eigenvalue weighted by Crippen LogP contribution is 2.15. The zero-order valence-electron chi connectivity index (χ0n) is 13.4. The Morgan fingerprint density at radius 2 is 1.90 bits per heavy atom. The molecule has 3 nitrogen and oxygen atoms in total. The number of hydrogen-bond donors (Lipinski definition) is 1. The van der Waals surface area contributed by atoms with Crippen molar-refractivity contribution in [3.63, 3.8) is 0 Å². The molecular formula is C17H30N2O. The SMILES string of the molecule is CCC(CC)N(CCOc1cccc(N)c1)CC(C)C. The molecule has 20 heavy (non-hydrogen) atoms. The molecular weight excluding hydrogens is 248 g/mol. The van der Waals surface area contributed by atoms with Crippen molar-refractivity contribution in [1.29, 1.82) is 0 Å². The van der Waals surface area contributed by atoms with Crippen LogP contribution in [0.2, 0.25) is 0 Å². The van der Waals surface area contributed by atoms with Crippen molar-refractivity contribution in [3.05, 3.63) is 24.3 Å². The Labute approximate surface area is 124 Å². The molecule has 0 aliphatic carbocycles.